The topological polar surface area (TPSA) is 66.4 Å². The van der Waals surface area contributed by atoms with Gasteiger partial charge in [0.05, 0.1) is 5.25 Å². The molecule has 0 unspecified atom stereocenters. The highest BCUT2D eigenvalue weighted by Crippen LogP contribution is 2.11. The maximum Gasteiger partial charge on any atom is 0.214 e. The van der Waals surface area contributed by atoms with Gasteiger partial charge in [-0.25, -0.2) is 13.1 Å². The summed E-state index contributed by atoms with van der Waals surface area (Å²) in [7, 11) is -3.24. The zero-order valence-corrected chi connectivity index (χ0v) is 9.58. The second-order valence-electron chi connectivity index (χ2n) is 3.58. The number of benzene rings is 1. The molecule has 1 aromatic rings. The van der Waals surface area contributed by atoms with Crippen LogP contribution in [0.25, 0.3) is 0 Å². The molecule has 0 saturated heterocycles. The molecule has 0 saturated carbocycles. The third-order valence-corrected chi connectivity index (χ3v) is 3.80. The number of rotatable bonds is 4. The van der Waals surface area contributed by atoms with E-state index in [-0.39, 0.29) is 12.3 Å². The van der Waals surface area contributed by atoms with E-state index >= 15 is 0 Å². The van der Waals surface area contributed by atoms with Crippen LogP contribution in [0, 0.1) is 0 Å². The van der Waals surface area contributed by atoms with Crippen LogP contribution in [0.4, 0.5) is 0 Å². The standard InChI is InChI=1S/C10H15NO3S/c1-8(2)15(13,14)11-7-9-4-3-5-10(12)6-9/h3-6,8,11-12H,7H2,1-2H3. The third-order valence-electron chi connectivity index (χ3n) is 2.01. The van der Waals surface area contributed by atoms with Gasteiger partial charge in [0.15, 0.2) is 0 Å². The maximum atomic E-state index is 11.4. The van der Waals surface area contributed by atoms with Crippen molar-refractivity contribution >= 4 is 10.0 Å². The van der Waals surface area contributed by atoms with Gasteiger partial charge in [0.25, 0.3) is 0 Å². The molecule has 0 spiro atoms. The number of phenolic OH excluding ortho intramolecular Hbond substituents is 1. The average Bonchev–Trinajstić information content (AvgIpc) is 2.15. The van der Waals surface area contributed by atoms with E-state index in [9.17, 15) is 13.5 Å². The van der Waals surface area contributed by atoms with Gasteiger partial charge in [0.2, 0.25) is 10.0 Å². The second-order valence-corrected chi connectivity index (χ2v) is 5.91. The average molecular weight is 229 g/mol. The SMILES string of the molecule is CC(C)S(=O)(=O)NCc1cccc(O)c1. The van der Waals surface area contributed by atoms with Gasteiger partial charge in [0.1, 0.15) is 5.75 Å². The summed E-state index contributed by atoms with van der Waals surface area (Å²) in [6, 6.07) is 6.50. The number of nitrogens with one attached hydrogen (secondary N) is 1. The Kier molecular flexibility index (Phi) is 3.71. The lowest BCUT2D eigenvalue weighted by atomic mass is 10.2. The molecule has 0 radical (unpaired) electrons. The summed E-state index contributed by atoms with van der Waals surface area (Å²) in [4.78, 5) is 0. The number of aromatic hydroxyl groups is 1. The normalized spacial score (nSPS) is 11.9. The van der Waals surface area contributed by atoms with E-state index < -0.39 is 15.3 Å². The Labute approximate surface area is 90.0 Å². The van der Waals surface area contributed by atoms with Crippen molar-refractivity contribution in [2.75, 3.05) is 0 Å². The molecule has 0 fully saturated rings. The highest BCUT2D eigenvalue weighted by molar-refractivity contribution is 7.90. The summed E-state index contributed by atoms with van der Waals surface area (Å²) in [5.41, 5.74) is 0.735. The van der Waals surface area contributed by atoms with E-state index in [2.05, 4.69) is 4.72 Å². The molecule has 0 aromatic heterocycles. The molecule has 0 aliphatic heterocycles. The van der Waals surface area contributed by atoms with Gasteiger partial charge >= 0.3 is 0 Å². The van der Waals surface area contributed by atoms with Crippen molar-refractivity contribution in [2.24, 2.45) is 0 Å². The van der Waals surface area contributed by atoms with Crippen LogP contribution in [0.3, 0.4) is 0 Å². The molecule has 0 atom stereocenters. The van der Waals surface area contributed by atoms with Crippen LogP contribution in [0.15, 0.2) is 24.3 Å². The van der Waals surface area contributed by atoms with Crippen molar-refractivity contribution in [3.05, 3.63) is 29.8 Å². The fourth-order valence-corrected chi connectivity index (χ4v) is 1.72. The van der Waals surface area contributed by atoms with Crippen molar-refractivity contribution in [1.82, 2.24) is 4.72 Å². The fourth-order valence-electron chi connectivity index (χ4n) is 1.02. The summed E-state index contributed by atoms with van der Waals surface area (Å²) >= 11 is 0. The van der Waals surface area contributed by atoms with Crippen molar-refractivity contribution < 1.29 is 13.5 Å². The Morgan fingerprint density at radius 2 is 2.07 bits per heavy atom. The summed E-state index contributed by atoms with van der Waals surface area (Å²) in [6.07, 6.45) is 0. The van der Waals surface area contributed by atoms with Crippen LogP contribution in [0.5, 0.6) is 5.75 Å². The number of sulfonamides is 1. The Hall–Kier alpha value is -1.07. The number of hydrogen-bond donors (Lipinski definition) is 2. The first-order chi connectivity index (χ1) is 6.92. The quantitative estimate of drug-likeness (QED) is 0.815. The van der Waals surface area contributed by atoms with E-state index in [1.807, 2.05) is 0 Å². The van der Waals surface area contributed by atoms with Crippen LogP contribution in [0.1, 0.15) is 19.4 Å². The van der Waals surface area contributed by atoms with E-state index in [0.29, 0.717) is 0 Å². The van der Waals surface area contributed by atoms with Gasteiger partial charge in [0, 0.05) is 6.54 Å². The van der Waals surface area contributed by atoms with Crippen molar-refractivity contribution in [2.45, 2.75) is 25.6 Å². The lowest BCUT2D eigenvalue weighted by Crippen LogP contribution is -2.30. The zero-order chi connectivity index (χ0) is 11.5. The molecule has 0 amide bonds. The molecule has 1 rings (SSSR count). The first-order valence-electron chi connectivity index (χ1n) is 4.68. The predicted octanol–water partition coefficient (Wildman–Crippen LogP) is 1.22. The molecule has 4 nitrogen and oxygen atoms in total. The lowest BCUT2D eigenvalue weighted by molar-refractivity contribution is 0.474. The summed E-state index contributed by atoms with van der Waals surface area (Å²) in [5.74, 6) is 0.135. The molecule has 5 heteroatoms. The monoisotopic (exact) mass is 229 g/mol. The molecule has 15 heavy (non-hydrogen) atoms. The highest BCUT2D eigenvalue weighted by atomic mass is 32.2. The molecule has 0 aliphatic rings. The van der Waals surface area contributed by atoms with Gasteiger partial charge < -0.3 is 5.11 Å². The molecular formula is C10H15NO3S. The molecule has 0 aliphatic carbocycles. The third kappa shape index (κ3) is 3.53. The van der Waals surface area contributed by atoms with Gasteiger partial charge in [-0.15, -0.1) is 0 Å². The van der Waals surface area contributed by atoms with Crippen LogP contribution in [-0.4, -0.2) is 18.8 Å². The zero-order valence-electron chi connectivity index (χ0n) is 8.77. The van der Waals surface area contributed by atoms with Crippen molar-refractivity contribution in [3.8, 4) is 5.75 Å². The maximum absolute atomic E-state index is 11.4. The van der Waals surface area contributed by atoms with Gasteiger partial charge in [-0.2, -0.15) is 0 Å². The first kappa shape index (κ1) is 12.0. The minimum absolute atomic E-state index is 0.135. The Morgan fingerprint density at radius 3 is 2.60 bits per heavy atom. The molecule has 1 aromatic carbocycles. The Bertz CT molecular complexity index is 426. The van der Waals surface area contributed by atoms with Gasteiger partial charge in [-0.1, -0.05) is 12.1 Å². The van der Waals surface area contributed by atoms with Gasteiger partial charge in [-0.3, -0.25) is 0 Å². The van der Waals surface area contributed by atoms with E-state index in [1.54, 1.807) is 32.0 Å². The van der Waals surface area contributed by atoms with Crippen LogP contribution in [-0.2, 0) is 16.6 Å². The molecule has 2 N–H and O–H groups in total. The van der Waals surface area contributed by atoms with Crippen LogP contribution in [0.2, 0.25) is 0 Å². The summed E-state index contributed by atoms with van der Waals surface area (Å²) in [5, 5.41) is 8.73. The highest BCUT2D eigenvalue weighted by Gasteiger charge is 2.14. The second kappa shape index (κ2) is 4.63. The smallest absolute Gasteiger partial charge is 0.214 e. The molecule has 0 bridgehead atoms. The van der Waals surface area contributed by atoms with E-state index in [1.165, 1.54) is 6.07 Å². The van der Waals surface area contributed by atoms with E-state index in [4.69, 9.17) is 0 Å². The van der Waals surface area contributed by atoms with Crippen LogP contribution < -0.4 is 4.72 Å². The van der Waals surface area contributed by atoms with Crippen molar-refractivity contribution in [3.63, 3.8) is 0 Å². The van der Waals surface area contributed by atoms with Crippen molar-refractivity contribution in [1.29, 1.82) is 0 Å². The largest absolute Gasteiger partial charge is 0.508 e. The molecule has 84 valence electrons. The van der Waals surface area contributed by atoms with Crippen LogP contribution >= 0.6 is 0 Å². The number of hydrogen-bond acceptors (Lipinski definition) is 3. The summed E-state index contributed by atoms with van der Waals surface area (Å²) < 4.78 is 25.3. The summed E-state index contributed by atoms with van der Waals surface area (Å²) in [6.45, 7) is 3.44. The lowest BCUT2D eigenvalue weighted by Gasteiger charge is -2.09. The molecule has 0 heterocycles. The minimum Gasteiger partial charge on any atom is -0.508 e. The Balaban J connectivity index is 2.66. The first-order valence-corrected chi connectivity index (χ1v) is 6.23. The number of phenols is 1. The predicted molar refractivity (Wildman–Crippen MR) is 59.0 cm³/mol. The fraction of sp³-hybridized carbons (Fsp3) is 0.400. The Morgan fingerprint density at radius 1 is 1.40 bits per heavy atom. The van der Waals surface area contributed by atoms with Gasteiger partial charge in [-0.05, 0) is 31.5 Å². The minimum atomic E-state index is -3.24. The molecular weight excluding hydrogens is 214 g/mol. The van der Waals surface area contributed by atoms with E-state index in [0.717, 1.165) is 5.56 Å².